The number of amides is 1. The van der Waals surface area contributed by atoms with Gasteiger partial charge in [-0.1, -0.05) is 12.1 Å². The number of carbonyl (C=O) groups excluding carboxylic acids is 1. The van der Waals surface area contributed by atoms with Crippen molar-refractivity contribution in [2.75, 3.05) is 30.7 Å². The van der Waals surface area contributed by atoms with Crippen molar-refractivity contribution in [3.8, 4) is 0 Å². The highest BCUT2D eigenvalue weighted by atomic mass is 31.2. The first kappa shape index (κ1) is 25.0. The molecule has 0 saturated carbocycles. The van der Waals surface area contributed by atoms with Gasteiger partial charge in [0.15, 0.2) is 0 Å². The van der Waals surface area contributed by atoms with E-state index in [0.717, 1.165) is 6.07 Å². The van der Waals surface area contributed by atoms with Crippen LogP contribution in [0.4, 0.5) is 23.4 Å². The van der Waals surface area contributed by atoms with Crippen LogP contribution in [0.15, 0.2) is 30.5 Å². The van der Waals surface area contributed by atoms with Crippen molar-refractivity contribution in [2.45, 2.75) is 33.0 Å². The van der Waals surface area contributed by atoms with Crippen LogP contribution in [0.25, 0.3) is 10.9 Å². The topological polar surface area (TPSA) is 88.1 Å². The Morgan fingerprint density at radius 3 is 2.51 bits per heavy atom. The van der Waals surface area contributed by atoms with Crippen LogP contribution in [0.2, 0.25) is 0 Å². The summed E-state index contributed by atoms with van der Waals surface area (Å²) in [7, 11) is -2.88. The molecule has 1 atom stereocenters. The molecule has 1 amide bonds. The highest BCUT2D eigenvalue weighted by Crippen LogP contribution is 2.46. The summed E-state index contributed by atoms with van der Waals surface area (Å²) >= 11 is 0. The van der Waals surface area contributed by atoms with Crippen LogP contribution in [-0.4, -0.2) is 51.2 Å². The fourth-order valence-corrected chi connectivity index (χ4v) is 6.63. The number of nitrogens with one attached hydrogen (secondary N) is 1. The number of alkyl halides is 3. The molecule has 7 nitrogen and oxygen atoms in total. The average molecular weight is 509 g/mol. The third-order valence-electron chi connectivity index (χ3n) is 6.16. The van der Waals surface area contributed by atoms with Gasteiger partial charge in [0.25, 0.3) is 0 Å². The van der Waals surface area contributed by atoms with Gasteiger partial charge in [0, 0.05) is 43.3 Å². The second-order valence-corrected chi connectivity index (χ2v) is 11.7. The number of hydrogen-bond donors (Lipinski definition) is 1. The summed E-state index contributed by atoms with van der Waals surface area (Å²) in [4.78, 5) is 26.4. The number of hydrogen-bond acceptors (Lipinski definition) is 6. The highest BCUT2D eigenvalue weighted by molar-refractivity contribution is 7.71. The molecule has 3 aromatic rings. The first-order chi connectivity index (χ1) is 16.4. The minimum Gasteiger partial charge on any atom is -0.363 e. The first-order valence-corrected chi connectivity index (χ1v) is 13.1. The van der Waals surface area contributed by atoms with Gasteiger partial charge in [0.05, 0.1) is 23.3 Å². The summed E-state index contributed by atoms with van der Waals surface area (Å²) in [6.07, 6.45) is -2.74. The Kier molecular flexibility index (Phi) is 6.57. The van der Waals surface area contributed by atoms with E-state index in [1.54, 1.807) is 17.9 Å². The minimum absolute atomic E-state index is 0.0751. The molecule has 2 aromatic heterocycles. The number of benzene rings is 1. The molecule has 1 fully saturated rings. The Hall–Kier alpha value is -3.07. The zero-order chi connectivity index (χ0) is 25.5. The molecular weight excluding hydrogens is 485 g/mol. The quantitative estimate of drug-likeness (QED) is 0.411. The minimum atomic E-state index is -4.82. The summed E-state index contributed by atoms with van der Waals surface area (Å²) in [5, 5.41) is 3.47. The maximum Gasteiger partial charge on any atom is 0.419 e. The van der Waals surface area contributed by atoms with E-state index in [0.29, 0.717) is 53.6 Å². The molecule has 186 valence electrons. The number of aromatic nitrogens is 3. The fraction of sp³-hybridized carbons (Fsp3) is 0.391. The normalized spacial score (nSPS) is 16.8. The summed E-state index contributed by atoms with van der Waals surface area (Å²) < 4.78 is 67.8. The third-order valence-corrected chi connectivity index (χ3v) is 9.08. The zero-order valence-electron chi connectivity index (χ0n) is 19.4. The van der Waals surface area contributed by atoms with Gasteiger partial charge < -0.3 is 14.8 Å². The Balaban J connectivity index is 1.70. The Morgan fingerprint density at radius 1 is 1.20 bits per heavy atom. The van der Waals surface area contributed by atoms with Crippen molar-refractivity contribution in [3.63, 3.8) is 0 Å². The highest BCUT2D eigenvalue weighted by Gasteiger charge is 2.36. The van der Waals surface area contributed by atoms with Crippen LogP contribution in [-0.2, 0) is 15.5 Å². The van der Waals surface area contributed by atoms with Gasteiger partial charge in [0.1, 0.15) is 30.0 Å². The molecule has 1 aliphatic rings. The molecule has 1 N–H and O–H groups in total. The monoisotopic (exact) mass is 509 g/mol. The first-order valence-electron chi connectivity index (χ1n) is 11.0. The molecule has 1 saturated heterocycles. The number of halogens is 4. The van der Waals surface area contributed by atoms with Crippen molar-refractivity contribution in [2.24, 2.45) is 0 Å². The predicted molar refractivity (Wildman–Crippen MR) is 125 cm³/mol. The largest absolute Gasteiger partial charge is 0.419 e. The smallest absolute Gasteiger partial charge is 0.363 e. The van der Waals surface area contributed by atoms with Gasteiger partial charge in [-0.05, 0) is 26.0 Å². The molecule has 35 heavy (non-hydrogen) atoms. The van der Waals surface area contributed by atoms with Crippen LogP contribution < -0.4 is 10.8 Å². The maximum absolute atomic E-state index is 14.7. The SMILES string of the molecule is CC(=O)N1CCP(=O)(c2cc3c(N[C@H](C)c4cccc(C(F)(F)F)c4F)nc(C)nc3cn2)CC1. The lowest BCUT2D eigenvalue weighted by molar-refractivity contribution is -0.140. The Labute approximate surface area is 199 Å². The average Bonchev–Trinajstić information content (AvgIpc) is 2.78. The molecular formula is C23H24F4N5O2P. The number of rotatable bonds is 4. The van der Waals surface area contributed by atoms with Crippen LogP contribution >= 0.6 is 7.14 Å². The number of pyridine rings is 1. The van der Waals surface area contributed by atoms with Crippen molar-refractivity contribution < 1.29 is 26.9 Å². The van der Waals surface area contributed by atoms with E-state index in [1.807, 2.05) is 0 Å². The van der Waals surface area contributed by atoms with Crippen molar-refractivity contribution in [3.05, 3.63) is 53.2 Å². The van der Waals surface area contributed by atoms with Gasteiger partial charge in [-0.2, -0.15) is 13.2 Å². The summed E-state index contributed by atoms with van der Waals surface area (Å²) in [5.74, 6) is -0.768. The van der Waals surface area contributed by atoms with Gasteiger partial charge in [-0.15, -0.1) is 0 Å². The second-order valence-electron chi connectivity index (χ2n) is 8.59. The van der Waals surface area contributed by atoms with Crippen LogP contribution in [0.1, 0.15) is 36.8 Å². The van der Waals surface area contributed by atoms with Crippen molar-refractivity contribution in [1.82, 2.24) is 19.9 Å². The Morgan fingerprint density at radius 2 is 1.89 bits per heavy atom. The molecule has 1 aromatic carbocycles. The molecule has 0 spiro atoms. The van der Waals surface area contributed by atoms with E-state index in [4.69, 9.17) is 0 Å². The molecule has 0 bridgehead atoms. The van der Waals surface area contributed by atoms with Crippen molar-refractivity contribution >= 4 is 35.2 Å². The zero-order valence-corrected chi connectivity index (χ0v) is 20.3. The molecule has 4 rings (SSSR count). The standard InChI is InChI=1S/C23H24F4N5O2P/c1-13(16-5-4-6-18(21(16)24)23(25,26)27)29-22-17-11-20(28-12-19(17)30-14(2)31-22)35(34)9-7-32(8-10-35)15(3)33/h4-6,11-13H,7-10H2,1-3H3,(H,29,30,31)/t13-/m1/s1. The maximum atomic E-state index is 14.7. The second kappa shape index (κ2) is 9.18. The van der Waals surface area contributed by atoms with Crippen LogP contribution in [0.3, 0.4) is 0 Å². The van der Waals surface area contributed by atoms with Crippen molar-refractivity contribution in [1.29, 1.82) is 0 Å². The lowest BCUT2D eigenvalue weighted by Crippen LogP contribution is -2.40. The van der Waals surface area contributed by atoms with E-state index < -0.39 is 30.7 Å². The van der Waals surface area contributed by atoms with Crippen LogP contribution in [0, 0.1) is 12.7 Å². The molecule has 0 aliphatic carbocycles. The molecule has 3 heterocycles. The lowest BCUT2D eigenvalue weighted by Gasteiger charge is -2.31. The van der Waals surface area contributed by atoms with Gasteiger partial charge in [0.2, 0.25) is 5.91 Å². The summed E-state index contributed by atoms with van der Waals surface area (Å²) in [6, 6.07) is 3.90. The third kappa shape index (κ3) is 5.00. The molecule has 0 radical (unpaired) electrons. The van der Waals surface area contributed by atoms with Gasteiger partial charge in [-0.25, -0.2) is 14.4 Å². The summed E-state index contributed by atoms with van der Waals surface area (Å²) in [5.41, 5.74) is -0.673. The van der Waals surface area contributed by atoms with E-state index in [1.165, 1.54) is 26.1 Å². The number of anilines is 1. The molecule has 0 unspecified atom stereocenters. The van der Waals surface area contributed by atoms with E-state index in [9.17, 15) is 26.9 Å². The van der Waals surface area contributed by atoms with E-state index >= 15 is 0 Å². The lowest BCUT2D eigenvalue weighted by atomic mass is 10.0. The van der Waals surface area contributed by atoms with Crippen LogP contribution in [0.5, 0.6) is 0 Å². The van der Waals surface area contributed by atoms with E-state index in [2.05, 4.69) is 20.3 Å². The van der Waals surface area contributed by atoms with E-state index in [-0.39, 0.29) is 17.3 Å². The molecule has 12 heteroatoms. The molecule has 1 aliphatic heterocycles. The summed E-state index contributed by atoms with van der Waals surface area (Å²) in [6.45, 7) is 5.38. The number of carbonyl (C=O) groups is 1. The Bertz CT molecular complexity index is 1340. The fourth-order valence-electron chi connectivity index (χ4n) is 4.19. The number of fused-ring (bicyclic) bond motifs is 1. The number of nitrogens with zero attached hydrogens (tertiary/aromatic N) is 4. The van der Waals surface area contributed by atoms with Gasteiger partial charge in [-0.3, -0.25) is 9.78 Å². The number of aryl methyl sites for hydroxylation is 1. The van der Waals surface area contributed by atoms with Gasteiger partial charge >= 0.3 is 6.18 Å². The predicted octanol–water partition coefficient (Wildman–Crippen LogP) is 4.51.